The standard InChI is InChI=1S/C7H9FN4O/c8-5-2-1-4(3-6(5)13)7(9)11-12-10/h1-3,12-13H,10H2,(H2,9,11). The number of nitrogens with zero attached hydrogens (tertiary/aromatic N) is 1. The first-order chi connectivity index (χ1) is 6.15. The maximum Gasteiger partial charge on any atom is 0.164 e. The number of aromatic hydroxyl groups is 1. The van der Waals surface area contributed by atoms with E-state index in [2.05, 4.69) is 5.10 Å². The van der Waals surface area contributed by atoms with Crippen LogP contribution in [-0.2, 0) is 0 Å². The van der Waals surface area contributed by atoms with Gasteiger partial charge in [-0.1, -0.05) is 0 Å². The molecule has 0 aliphatic carbocycles. The summed E-state index contributed by atoms with van der Waals surface area (Å²) in [6, 6.07) is 3.63. The Morgan fingerprint density at radius 2 is 2.23 bits per heavy atom. The van der Waals surface area contributed by atoms with Crippen molar-refractivity contribution in [3.8, 4) is 5.75 Å². The molecular formula is C7H9FN4O. The van der Waals surface area contributed by atoms with Crippen LogP contribution < -0.4 is 17.1 Å². The van der Waals surface area contributed by atoms with Crippen LogP contribution in [0.25, 0.3) is 0 Å². The number of hydrogen-bond acceptors (Lipinski definition) is 4. The molecular weight excluding hydrogens is 175 g/mol. The minimum atomic E-state index is -0.711. The molecule has 0 amide bonds. The Labute approximate surface area is 73.8 Å². The van der Waals surface area contributed by atoms with Gasteiger partial charge in [-0.25, -0.2) is 15.8 Å². The molecule has 5 nitrogen and oxygen atoms in total. The smallest absolute Gasteiger partial charge is 0.164 e. The van der Waals surface area contributed by atoms with E-state index in [1.807, 2.05) is 5.53 Å². The van der Waals surface area contributed by atoms with Crippen molar-refractivity contribution in [2.24, 2.45) is 16.7 Å². The molecule has 6 heteroatoms. The Morgan fingerprint density at radius 3 is 2.77 bits per heavy atom. The third kappa shape index (κ3) is 2.06. The van der Waals surface area contributed by atoms with Gasteiger partial charge in [0, 0.05) is 5.56 Å². The van der Waals surface area contributed by atoms with E-state index >= 15 is 0 Å². The molecule has 6 N–H and O–H groups in total. The third-order valence-corrected chi connectivity index (χ3v) is 1.43. The van der Waals surface area contributed by atoms with Gasteiger partial charge in [-0.15, -0.1) is 5.10 Å². The predicted molar refractivity (Wildman–Crippen MR) is 46.1 cm³/mol. The average molecular weight is 184 g/mol. The fraction of sp³-hybridized carbons (Fsp3) is 0. The highest BCUT2D eigenvalue weighted by Crippen LogP contribution is 2.16. The number of hydrazine groups is 1. The summed E-state index contributed by atoms with van der Waals surface area (Å²) >= 11 is 0. The Bertz CT molecular complexity index is 339. The predicted octanol–water partition coefficient (Wildman–Crippen LogP) is -0.385. The minimum absolute atomic E-state index is 0.0674. The average Bonchev–Trinajstić information content (AvgIpc) is 2.10. The van der Waals surface area contributed by atoms with Gasteiger partial charge in [-0.3, -0.25) is 0 Å². The van der Waals surface area contributed by atoms with Crippen LogP contribution in [0.5, 0.6) is 5.75 Å². The van der Waals surface area contributed by atoms with Gasteiger partial charge in [-0.2, -0.15) is 0 Å². The summed E-state index contributed by atoms with van der Waals surface area (Å²) in [4.78, 5) is 0. The third-order valence-electron chi connectivity index (χ3n) is 1.43. The lowest BCUT2D eigenvalue weighted by atomic mass is 10.2. The van der Waals surface area contributed by atoms with Gasteiger partial charge in [-0.05, 0) is 18.2 Å². The minimum Gasteiger partial charge on any atom is -0.505 e. The number of phenols is 1. The summed E-state index contributed by atoms with van der Waals surface area (Å²) in [5.74, 6) is 3.76. The largest absolute Gasteiger partial charge is 0.505 e. The summed E-state index contributed by atoms with van der Waals surface area (Å²) in [5, 5.41) is 12.4. The summed E-state index contributed by atoms with van der Waals surface area (Å²) in [6.45, 7) is 0. The molecule has 13 heavy (non-hydrogen) atoms. The molecule has 0 unspecified atom stereocenters. The molecule has 0 aromatic heterocycles. The highest BCUT2D eigenvalue weighted by molar-refractivity contribution is 5.97. The lowest BCUT2D eigenvalue weighted by molar-refractivity contribution is 0.432. The van der Waals surface area contributed by atoms with Gasteiger partial charge in [0.1, 0.15) is 0 Å². The molecule has 1 rings (SSSR count). The van der Waals surface area contributed by atoms with Gasteiger partial charge in [0.15, 0.2) is 17.4 Å². The number of hydrogen-bond donors (Lipinski definition) is 4. The molecule has 0 heterocycles. The zero-order valence-corrected chi connectivity index (χ0v) is 6.66. The normalized spacial score (nSPS) is 11.4. The number of amidine groups is 1. The number of halogens is 1. The Hall–Kier alpha value is -1.82. The number of nitrogens with one attached hydrogen (secondary N) is 1. The lowest BCUT2D eigenvalue weighted by Crippen LogP contribution is -2.22. The second kappa shape index (κ2) is 3.72. The molecule has 0 fully saturated rings. The molecule has 0 radical (unpaired) electrons. The van der Waals surface area contributed by atoms with Crippen molar-refractivity contribution in [1.82, 2.24) is 5.53 Å². The summed E-state index contributed by atoms with van der Waals surface area (Å²) < 4.78 is 12.6. The SMILES string of the molecule is NN/N=C(\N)c1ccc(F)c(O)c1. The van der Waals surface area contributed by atoms with Crippen molar-refractivity contribution in [2.75, 3.05) is 0 Å². The van der Waals surface area contributed by atoms with Crippen LogP contribution in [0.15, 0.2) is 23.3 Å². The highest BCUT2D eigenvalue weighted by Gasteiger charge is 2.03. The van der Waals surface area contributed by atoms with Crippen LogP contribution in [-0.4, -0.2) is 10.9 Å². The maximum atomic E-state index is 12.6. The first kappa shape index (κ1) is 9.27. The molecule has 0 aliphatic heterocycles. The zero-order valence-electron chi connectivity index (χ0n) is 6.66. The summed E-state index contributed by atoms with van der Waals surface area (Å²) in [6.07, 6.45) is 0. The summed E-state index contributed by atoms with van der Waals surface area (Å²) in [7, 11) is 0. The van der Waals surface area contributed by atoms with E-state index in [-0.39, 0.29) is 5.84 Å². The molecule has 1 aromatic rings. The van der Waals surface area contributed by atoms with Crippen LogP contribution in [0.1, 0.15) is 5.56 Å². The number of nitrogens with two attached hydrogens (primary N) is 2. The first-order valence-electron chi connectivity index (χ1n) is 3.43. The van der Waals surface area contributed by atoms with E-state index in [9.17, 15) is 4.39 Å². The van der Waals surface area contributed by atoms with Crippen LogP contribution in [0, 0.1) is 5.82 Å². The molecule has 1 aromatic carbocycles. The lowest BCUT2D eigenvalue weighted by Gasteiger charge is -2.01. The highest BCUT2D eigenvalue weighted by atomic mass is 19.1. The van der Waals surface area contributed by atoms with Gasteiger partial charge < -0.3 is 10.8 Å². The van der Waals surface area contributed by atoms with Gasteiger partial charge in [0.2, 0.25) is 0 Å². The second-order valence-corrected chi connectivity index (χ2v) is 2.29. The van der Waals surface area contributed by atoms with Crippen LogP contribution in [0.2, 0.25) is 0 Å². The number of phenolic OH excluding ortho intramolecular Hbond substituents is 1. The molecule has 0 saturated carbocycles. The zero-order chi connectivity index (χ0) is 9.84. The van der Waals surface area contributed by atoms with E-state index in [1.165, 1.54) is 6.07 Å². The molecule has 0 spiro atoms. The number of benzene rings is 1. The first-order valence-corrected chi connectivity index (χ1v) is 3.43. The maximum absolute atomic E-state index is 12.6. The van der Waals surface area contributed by atoms with E-state index < -0.39 is 11.6 Å². The number of hydrazone groups is 1. The molecule has 0 bridgehead atoms. The van der Waals surface area contributed by atoms with Gasteiger partial charge in [0.05, 0.1) is 0 Å². The van der Waals surface area contributed by atoms with E-state index in [4.69, 9.17) is 16.7 Å². The topological polar surface area (TPSA) is 96.7 Å². The Balaban J connectivity index is 3.04. The van der Waals surface area contributed by atoms with Crippen molar-refractivity contribution >= 4 is 5.84 Å². The number of rotatable bonds is 2. The Morgan fingerprint density at radius 1 is 1.54 bits per heavy atom. The van der Waals surface area contributed by atoms with Crippen molar-refractivity contribution < 1.29 is 9.50 Å². The molecule has 0 atom stereocenters. The second-order valence-electron chi connectivity index (χ2n) is 2.29. The van der Waals surface area contributed by atoms with Crippen molar-refractivity contribution in [3.63, 3.8) is 0 Å². The van der Waals surface area contributed by atoms with E-state index in [1.54, 1.807) is 0 Å². The van der Waals surface area contributed by atoms with Gasteiger partial charge >= 0.3 is 0 Å². The van der Waals surface area contributed by atoms with Crippen LogP contribution in [0.3, 0.4) is 0 Å². The summed E-state index contributed by atoms with van der Waals surface area (Å²) in [5.41, 5.74) is 7.77. The van der Waals surface area contributed by atoms with Crippen LogP contribution >= 0.6 is 0 Å². The van der Waals surface area contributed by atoms with Crippen molar-refractivity contribution in [2.45, 2.75) is 0 Å². The van der Waals surface area contributed by atoms with Crippen molar-refractivity contribution in [1.29, 1.82) is 0 Å². The van der Waals surface area contributed by atoms with E-state index in [0.29, 0.717) is 5.56 Å². The fourth-order valence-electron chi connectivity index (χ4n) is 0.806. The Kier molecular flexibility index (Phi) is 2.65. The van der Waals surface area contributed by atoms with E-state index in [0.717, 1.165) is 12.1 Å². The fourth-order valence-corrected chi connectivity index (χ4v) is 0.806. The van der Waals surface area contributed by atoms with Crippen molar-refractivity contribution in [3.05, 3.63) is 29.6 Å². The molecule has 0 aliphatic rings. The quantitative estimate of drug-likeness (QED) is 0.218. The molecule has 70 valence electrons. The van der Waals surface area contributed by atoms with Crippen LogP contribution in [0.4, 0.5) is 4.39 Å². The monoisotopic (exact) mass is 184 g/mol. The molecule has 0 saturated heterocycles. The van der Waals surface area contributed by atoms with Gasteiger partial charge in [0.25, 0.3) is 0 Å².